The van der Waals surface area contributed by atoms with Gasteiger partial charge in [0.25, 0.3) is 0 Å². The lowest BCUT2D eigenvalue weighted by molar-refractivity contribution is -0.202. The molecule has 20 heavy (non-hydrogen) atoms. The van der Waals surface area contributed by atoms with E-state index in [9.17, 15) is 0 Å². The molecule has 3 rings (SSSR count). The summed E-state index contributed by atoms with van der Waals surface area (Å²) >= 11 is 0. The molecular weight excluding hydrogens is 248 g/mol. The Morgan fingerprint density at radius 2 is 1.30 bits per heavy atom. The van der Waals surface area contributed by atoms with Crippen LogP contribution in [-0.2, 0) is 9.47 Å². The van der Waals surface area contributed by atoms with E-state index in [0.29, 0.717) is 5.92 Å². The molecular formula is C18H26O2. The van der Waals surface area contributed by atoms with Crippen LogP contribution in [0.3, 0.4) is 0 Å². The van der Waals surface area contributed by atoms with Gasteiger partial charge in [-0.1, -0.05) is 51.0 Å². The van der Waals surface area contributed by atoms with Crippen LogP contribution in [0.15, 0.2) is 24.3 Å². The summed E-state index contributed by atoms with van der Waals surface area (Å²) in [7, 11) is 0. The summed E-state index contributed by atoms with van der Waals surface area (Å²) in [6.45, 7) is 6.13. The number of benzene rings is 1. The summed E-state index contributed by atoms with van der Waals surface area (Å²) in [5, 5.41) is 0. The lowest BCUT2D eigenvalue weighted by Crippen LogP contribution is -2.25. The van der Waals surface area contributed by atoms with Crippen molar-refractivity contribution in [2.45, 2.75) is 51.7 Å². The molecule has 1 heterocycles. The lowest BCUT2D eigenvalue weighted by Gasteiger charge is -2.29. The summed E-state index contributed by atoms with van der Waals surface area (Å²) in [5.74, 6) is 2.18. The minimum Gasteiger partial charge on any atom is -0.348 e. The monoisotopic (exact) mass is 274 g/mol. The summed E-state index contributed by atoms with van der Waals surface area (Å²) in [5.41, 5.74) is 2.65. The van der Waals surface area contributed by atoms with Crippen molar-refractivity contribution in [1.82, 2.24) is 0 Å². The third-order valence-electron chi connectivity index (χ3n) is 4.76. The zero-order valence-electron chi connectivity index (χ0n) is 12.7. The fourth-order valence-electron chi connectivity index (χ4n) is 3.31. The van der Waals surface area contributed by atoms with Crippen molar-refractivity contribution in [3.63, 3.8) is 0 Å². The molecule has 0 spiro atoms. The van der Waals surface area contributed by atoms with Gasteiger partial charge in [-0.2, -0.15) is 0 Å². The van der Waals surface area contributed by atoms with E-state index in [1.54, 1.807) is 0 Å². The van der Waals surface area contributed by atoms with Crippen molar-refractivity contribution in [3.8, 4) is 0 Å². The maximum absolute atomic E-state index is 5.75. The van der Waals surface area contributed by atoms with Crippen molar-refractivity contribution in [1.29, 1.82) is 0 Å². The Morgan fingerprint density at radius 1 is 0.750 bits per heavy atom. The van der Waals surface area contributed by atoms with Crippen LogP contribution < -0.4 is 0 Å². The Labute approximate surface area is 122 Å². The molecule has 1 aliphatic heterocycles. The first kappa shape index (κ1) is 14.1. The fourth-order valence-corrected chi connectivity index (χ4v) is 3.31. The van der Waals surface area contributed by atoms with Crippen LogP contribution in [0.2, 0.25) is 0 Å². The van der Waals surface area contributed by atoms with Gasteiger partial charge in [-0.3, -0.25) is 0 Å². The van der Waals surface area contributed by atoms with Crippen LogP contribution in [-0.4, -0.2) is 13.2 Å². The van der Waals surface area contributed by atoms with E-state index in [2.05, 4.69) is 38.1 Å². The first-order valence-corrected chi connectivity index (χ1v) is 8.05. The Balaban J connectivity index is 1.62. The third-order valence-corrected chi connectivity index (χ3v) is 4.76. The van der Waals surface area contributed by atoms with E-state index in [1.165, 1.54) is 31.2 Å². The fraction of sp³-hybridized carbons (Fsp3) is 0.667. The highest BCUT2D eigenvalue weighted by atomic mass is 16.7. The zero-order chi connectivity index (χ0) is 13.9. The van der Waals surface area contributed by atoms with Gasteiger partial charge < -0.3 is 9.47 Å². The van der Waals surface area contributed by atoms with Gasteiger partial charge in [-0.25, -0.2) is 0 Å². The Morgan fingerprint density at radius 3 is 1.90 bits per heavy atom. The smallest absolute Gasteiger partial charge is 0.183 e. The van der Waals surface area contributed by atoms with Crippen LogP contribution in [0.25, 0.3) is 0 Å². The van der Waals surface area contributed by atoms with Gasteiger partial charge in [-0.05, 0) is 30.2 Å². The molecule has 1 saturated carbocycles. The predicted octanol–water partition coefficient (Wildman–Crippen LogP) is 4.66. The Bertz CT molecular complexity index is 369. The molecule has 0 amide bonds. The maximum atomic E-state index is 5.75. The Hall–Kier alpha value is -0.860. The second-order valence-electron chi connectivity index (χ2n) is 6.73. The van der Waals surface area contributed by atoms with Crippen molar-refractivity contribution >= 4 is 0 Å². The lowest BCUT2D eigenvalue weighted by atomic mass is 9.79. The predicted molar refractivity (Wildman–Crippen MR) is 80.6 cm³/mol. The minimum absolute atomic E-state index is 0.161. The molecule has 1 aromatic rings. The first-order chi connectivity index (χ1) is 9.72. The Kier molecular flexibility index (Phi) is 4.42. The summed E-state index contributed by atoms with van der Waals surface area (Å²) in [6.07, 6.45) is 5.27. The van der Waals surface area contributed by atoms with Crippen molar-refractivity contribution in [3.05, 3.63) is 35.4 Å². The van der Waals surface area contributed by atoms with Gasteiger partial charge in [0.1, 0.15) is 0 Å². The second kappa shape index (κ2) is 6.28. The molecule has 2 fully saturated rings. The van der Waals surface area contributed by atoms with E-state index in [4.69, 9.17) is 9.47 Å². The number of ether oxygens (including phenoxy) is 2. The molecule has 0 aromatic heterocycles. The van der Waals surface area contributed by atoms with Crippen molar-refractivity contribution in [2.75, 3.05) is 13.2 Å². The van der Waals surface area contributed by atoms with Gasteiger partial charge in [0.2, 0.25) is 0 Å². The quantitative estimate of drug-likeness (QED) is 0.780. The van der Waals surface area contributed by atoms with Crippen LogP contribution in [0, 0.1) is 11.8 Å². The molecule has 0 bridgehead atoms. The van der Waals surface area contributed by atoms with E-state index in [-0.39, 0.29) is 6.29 Å². The molecule has 0 unspecified atom stereocenters. The average Bonchev–Trinajstić information content (AvgIpc) is 2.49. The van der Waals surface area contributed by atoms with E-state index < -0.39 is 0 Å². The molecule has 1 aliphatic carbocycles. The van der Waals surface area contributed by atoms with Gasteiger partial charge in [-0.15, -0.1) is 0 Å². The molecule has 2 heteroatoms. The molecule has 110 valence electrons. The van der Waals surface area contributed by atoms with E-state index >= 15 is 0 Å². The second-order valence-corrected chi connectivity index (χ2v) is 6.73. The van der Waals surface area contributed by atoms with Crippen LogP contribution in [0.1, 0.15) is 62.9 Å². The molecule has 1 saturated heterocycles. The topological polar surface area (TPSA) is 18.5 Å². The molecule has 1 aromatic carbocycles. The van der Waals surface area contributed by atoms with Crippen molar-refractivity contribution in [2.24, 2.45) is 11.8 Å². The first-order valence-electron chi connectivity index (χ1n) is 8.05. The number of rotatable bonds is 2. The molecule has 0 N–H and O–H groups in total. The van der Waals surface area contributed by atoms with E-state index in [1.807, 2.05) is 0 Å². The van der Waals surface area contributed by atoms with Crippen LogP contribution >= 0.6 is 0 Å². The van der Waals surface area contributed by atoms with Crippen LogP contribution in [0.4, 0.5) is 0 Å². The van der Waals surface area contributed by atoms with Gasteiger partial charge in [0.15, 0.2) is 6.29 Å². The summed E-state index contributed by atoms with van der Waals surface area (Å²) in [4.78, 5) is 0. The third kappa shape index (κ3) is 3.24. The minimum atomic E-state index is -0.161. The van der Waals surface area contributed by atoms with E-state index in [0.717, 1.165) is 30.6 Å². The summed E-state index contributed by atoms with van der Waals surface area (Å²) < 4.78 is 11.5. The largest absolute Gasteiger partial charge is 0.348 e. The number of hydrogen-bond acceptors (Lipinski definition) is 2. The van der Waals surface area contributed by atoms with Crippen molar-refractivity contribution < 1.29 is 9.47 Å². The highest BCUT2D eigenvalue weighted by molar-refractivity contribution is 5.26. The van der Waals surface area contributed by atoms with Crippen LogP contribution in [0.5, 0.6) is 0 Å². The van der Waals surface area contributed by atoms with Gasteiger partial charge in [0, 0.05) is 11.5 Å². The molecule has 0 radical (unpaired) electrons. The highest BCUT2D eigenvalue weighted by Gasteiger charge is 2.22. The normalized spacial score (nSPS) is 34.9. The molecule has 2 nitrogen and oxygen atoms in total. The van der Waals surface area contributed by atoms with Gasteiger partial charge in [0.05, 0.1) is 13.2 Å². The summed E-state index contributed by atoms with van der Waals surface area (Å²) in [6, 6.07) is 8.93. The standard InChI is InChI=1S/C18H26O2/c1-13-3-5-15(6-4-13)16-7-9-17(10-8-16)18-19-11-14(2)12-20-18/h7-10,13-15,18H,3-6,11-12H2,1-2H3. The molecule has 2 aliphatic rings. The SMILES string of the molecule is CC1CCC(c2ccc(C3OCC(C)CO3)cc2)CC1. The highest BCUT2D eigenvalue weighted by Crippen LogP contribution is 2.36. The number of hydrogen-bond donors (Lipinski definition) is 0. The van der Waals surface area contributed by atoms with Gasteiger partial charge >= 0.3 is 0 Å². The average molecular weight is 274 g/mol. The maximum Gasteiger partial charge on any atom is 0.183 e. The zero-order valence-corrected chi connectivity index (χ0v) is 12.7. The molecule has 0 atom stereocenters.